The second-order valence-electron chi connectivity index (χ2n) is 8.20. The number of fused-ring (bicyclic) bond motifs is 1. The van der Waals surface area contributed by atoms with Gasteiger partial charge in [0.2, 0.25) is 5.91 Å². The van der Waals surface area contributed by atoms with Crippen LogP contribution in [0.3, 0.4) is 0 Å². The summed E-state index contributed by atoms with van der Waals surface area (Å²) in [6, 6.07) is 6.40. The number of amides is 1. The van der Waals surface area contributed by atoms with Crippen molar-refractivity contribution in [2.45, 2.75) is 64.6 Å². The lowest BCUT2D eigenvalue weighted by molar-refractivity contribution is -0.137. The average Bonchev–Trinajstić information content (AvgIpc) is 3.16. The molecular weight excluding hydrogens is 401 g/mol. The van der Waals surface area contributed by atoms with Gasteiger partial charge in [0.15, 0.2) is 0 Å². The zero-order valence-corrected chi connectivity index (χ0v) is 18.1. The van der Waals surface area contributed by atoms with E-state index in [1.165, 1.54) is 40.8 Å². The number of aromatic nitrogens is 2. The van der Waals surface area contributed by atoms with Gasteiger partial charge in [-0.1, -0.05) is 31.4 Å². The molecule has 5 nitrogen and oxygen atoms in total. The summed E-state index contributed by atoms with van der Waals surface area (Å²) in [5.74, 6) is -0.366. The first kappa shape index (κ1) is 20.7. The first-order chi connectivity index (χ1) is 14.5. The molecule has 0 spiro atoms. The van der Waals surface area contributed by atoms with Crippen LogP contribution in [0.1, 0.15) is 46.0 Å². The highest BCUT2D eigenvalue weighted by Gasteiger charge is 2.28. The van der Waals surface area contributed by atoms with Crippen molar-refractivity contribution in [3.8, 4) is 11.1 Å². The summed E-state index contributed by atoms with van der Waals surface area (Å²) in [7, 11) is 0. The third-order valence-corrected chi connectivity index (χ3v) is 6.72. The summed E-state index contributed by atoms with van der Waals surface area (Å²) in [6.07, 6.45) is 7.02. The second kappa shape index (κ2) is 8.68. The SMILES string of the molecule is CC(C)N(C(=O)Cn1cnc2scc(-c3ccc(F)cc3)c2c1=O)C1CCCCC1. The maximum atomic E-state index is 13.3. The van der Waals surface area contributed by atoms with E-state index in [9.17, 15) is 14.0 Å². The zero-order valence-electron chi connectivity index (χ0n) is 17.3. The molecule has 1 fully saturated rings. The van der Waals surface area contributed by atoms with E-state index in [2.05, 4.69) is 4.98 Å². The van der Waals surface area contributed by atoms with Gasteiger partial charge in [-0.2, -0.15) is 0 Å². The van der Waals surface area contributed by atoms with Crippen LogP contribution in [0.2, 0.25) is 0 Å². The van der Waals surface area contributed by atoms with Crippen LogP contribution >= 0.6 is 11.3 Å². The second-order valence-corrected chi connectivity index (χ2v) is 9.06. The van der Waals surface area contributed by atoms with Gasteiger partial charge in [0, 0.05) is 23.0 Å². The minimum atomic E-state index is -0.323. The Morgan fingerprint density at radius 2 is 1.93 bits per heavy atom. The van der Waals surface area contributed by atoms with Crippen LogP contribution in [-0.2, 0) is 11.3 Å². The molecule has 0 unspecified atom stereocenters. The fourth-order valence-corrected chi connectivity index (χ4v) is 5.33. The molecule has 1 amide bonds. The fourth-order valence-electron chi connectivity index (χ4n) is 4.42. The van der Waals surface area contributed by atoms with Gasteiger partial charge in [0.25, 0.3) is 5.56 Å². The highest BCUT2D eigenvalue weighted by Crippen LogP contribution is 2.31. The molecule has 0 aliphatic heterocycles. The molecule has 1 aliphatic rings. The first-order valence-corrected chi connectivity index (χ1v) is 11.4. The predicted molar refractivity (Wildman–Crippen MR) is 118 cm³/mol. The maximum absolute atomic E-state index is 13.3. The molecule has 30 heavy (non-hydrogen) atoms. The van der Waals surface area contributed by atoms with Crippen LogP contribution in [0.25, 0.3) is 21.3 Å². The molecule has 7 heteroatoms. The Bertz CT molecular complexity index is 1100. The van der Waals surface area contributed by atoms with E-state index in [1.807, 2.05) is 24.1 Å². The summed E-state index contributed by atoms with van der Waals surface area (Å²) in [5, 5.41) is 2.34. The molecule has 0 atom stereocenters. The number of rotatable bonds is 5. The molecule has 0 N–H and O–H groups in total. The van der Waals surface area contributed by atoms with Gasteiger partial charge in [-0.25, -0.2) is 9.37 Å². The van der Waals surface area contributed by atoms with Crippen molar-refractivity contribution in [3.63, 3.8) is 0 Å². The van der Waals surface area contributed by atoms with Gasteiger partial charge >= 0.3 is 0 Å². The maximum Gasteiger partial charge on any atom is 0.263 e. The van der Waals surface area contributed by atoms with Crippen molar-refractivity contribution in [2.24, 2.45) is 0 Å². The smallest absolute Gasteiger partial charge is 0.263 e. The number of carbonyl (C=O) groups is 1. The highest BCUT2D eigenvalue weighted by atomic mass is 32.1. The molecule has 2 heterocycles. The Morgan fingerprint density at radius 3 is 2.60 bits per heavy atom. The fraction of sp³-hybridized carbons (Fsp3) is 0.435. The van der Waals surface area contributed by atoms with Gasteiger partial charge in [0.05, 0.1) is 11.7 Å². The molecule has 0 bridgehead atoms. The van der Waals surface area contributed by atoms with E-state index in [0.717, 1.165) is 36.8 Å². The minimum Gasteiger partial charge on any atom is -0.336 e. The molecule has 1 aliphatic carbocycles. The summed E-state index contributed by atoms with van der Waals surface area (Å²) in [4.78, 5) is 33.4. The Morgan fingerprint density at radius 1 is 1.23 bits per heavy atom. The number of hydrogen-bond acceptors (Lipinski definition) is 4. The lowest BCUT2D eigenvalue weighted by Crippen LogP contribution is -2.47. The largest absolute Gasteiger partial charge is 0.336 e. The highest BCUT2D eigenvalue weighted by molar-refractivity contribution is 7.17. The van der Waals surface area contributed by atoms with E-state index in [1.54, 1.807) is 12.1 Å². The predicted octanol–water partition coefficient (Wildman–Crippen LogP) is 4.83. The van der Waals surface area contributed by atoms with Gasteiger partial charge in [0.1, 0.15) is 17.2 Å². The van der Waals surface area contributed by atoms with Gasteiger partial charge in [-0.3, -0.25) is 14.2 Å². The third-order valence-electron chi connectivity index (χ3n) is 5.83. The van der Waals surface area contributed by atoms with E-state index < -0.39 is 0 Å². The minimum absolute atomic E-state index is 0.0187. The first-order valence-electron chi connectivity index (χ1n) is 10.5. The molecule has 0 saturated heterocycles. The molecular formula is C23H26FN3O2S. The van der Waals surface area contributed by atoms with Crippen molar-refractivity contribution in [1.82, 2.24) is 14.5 Å². The number of thiophene rings is 1. The summed E-state index contributed by atoms with van der Waals surface area (Å²) in [6.45, 7) is 4.04. The normalized spacial score (nSPS) is 15.1. The van der Waals surface area contributed by atoms with Gasteiger partial charge in [-0.05, 0) is 44.4 Å². The van der Waals surface area contributed by atoms with Crippen LogP contribution in [0.15, 0.2) is 40.8 Å². The van der Waals surface area contributed by atoms with Crippen molar-refractivity contribution >= 4 is 27.5 Å². The van der Waals surface area contributed by atoms with Crippen LogP contribution in [0.5, 0.6) is 0 Å². The van der Waals surface area contributed by atoms with E-state index in [-0.39, 0.29) is 35.9 Å². The lowest BCUT2D eigenvalue weighted by atomic mass is 9.93. The number of halogens is 1. The van der Waals surface area contributed by atoms with Crippen LogP contribution in [0, 0.1) is 5.82 Å². The molecule has 1 aromatic carbocycles. The standard InChI is InChI=1S/C23H26FN3O2S/c1-15(2)27(18-6-4-3-5-7-18)20(28)12-26-14-25-22-21(23(26)29)19(13-30-22)16-8-10-17(24)11-9-16/h8-11,13-15,18H,3-7,12H2,1-2H3. The Labute approximate surface area is 179 Å². The summed E-state index contributed by atoms with van der Waals surface area (Å²) >= 11 is 1.38. The Kier molecular flexibility index (Phi) is 5.99. The summed E-state index contributed by atoms with van der Waals surface area (Å²) in [5.41, 5.74) is 1.25. The van der Waals surface area contributed by atoms with Gasteiger partial charge in [-0.15, -0.1) is 11.3 Å². The zero-order chi connectivity index (χ0) is 21.3. The number of carbonyl (C=O) groups excluding carboxylic acids is 1. The monoisotopic (exact) mass is 427 g/mol. The molecule has 1 saturated carbocycles. The quantitative estimate of drug-likeness (QED) is 0.586. The molecule has 158 valence electrons. The van der Waals surface area contributed by atoms with Crippen LogP contribution < -0.4 is 5.56 Å². The van der Waals surface area contributed by atoms with Crippen molar-refractivity contribution < 1.29 is 9.18 Å². The Hall–Kier alpha value is -2.54. The molecule has 4 rings (SSSR count). The number of benzene rings is 1. The topological polar surface area (TPSA) is 55.2 Å². The van der Waals surface area contributed by atoms with Crippen molar-refractivity contribution in [1.29, 1.82) is 0 Å². The third kappa shape index (κ3) is 4.03. The van der Waals surface area contributed by atoms with Crippen molar-refractivity contribution in [3.05, 3.63) is 52.1 Å². The number of nitrogens with zero attached hydrogens (tertiary/aromatic N) is 3. The van der Waals surface area contributed by atoms with Crippen LogP contribution in [0.4, 0.5) is 4.39 Å². The van der Waals surface area contributed by atoms with Crippen molar-refractivity contribution in [2.75, 3.05) is 0 Å². The van der Waals surface area contributed by atoms with E-state index >= 15 is 0 Å². The van der Waals surface area contributed by atoms with E-state index in [0.29, 0.717) is 10.2 Å². The van der Waals surface area contributed by atoms with Gasteiger partial charge < -0.3 is 4.90 Å². The molecule has 2 aromatic heterocycles. The van der Waals surface area contributed by atoms with E-state index in [4.69, 9.17) is 0 Å². The number of hydrogen-bond donors (Lipinski definition) is 0. The lowest BCUT2D eigenvalue weighted by Gasteiger charge is -2.37. The Balaban J connectivity index is 1.66. The van der Waals surface area contributed by atoms with Crippen LogP contribution in [-0.4, -0.2) is 32.4 Å². The average molecular weight is 428 g/mol. The molecule has 3 aromatic rings. The summed E-state index contributed by atoms with van der Waals surface area (Å²) < 4.78 is 14.7. The molecule has 0 radical (unpaired) electrons.